The topological polar surface area (TPSA) is 229 Å². The maximum Gasteiger partial charge on any atom is 0.299 e. The quantitative estimate of drug-likeness (QED) is 0.0980. The van der Waals surface area contributed by atoms with E-state index in [-0.39, 0.29) is 73.1 Å². The van der Waals surface area contributed by atoms with Crippen molar-refractivity contribution >= 4 is 52.3 Å². The molecule has 0 radical (unpaired) electrons. The van der Waals surface area contributed by atoms with Crippen molar-refractivity contribution in [2.45, 2.75) is 44.6 Å². The fourth-order valence-electron chi connectivity index (χ4n) is 5.01. The van der Waals surface area contributed by atoms with E-state index in [1.165, 1.54) is 30.3 Å². The summed E-state index contributed by atoms with van der Waals surface area (Å²) in [5, 5.41) is 29.7. The second-order valence-electron chi connectivity index (χ2n) is 10.4. The van der Waals surface area contributed by atoms with Crippen molar-refractivity contribution in [1.82, 2.24) is 10.2 Å². The lowest BCUT2D eigenvalue weighted by molar-refractivity contribution is -0.393. The highest BCUT2D eigenvalue weighted by molar-refractivity contribution is 6.26. The van der Waals surface area contributed by atoms with Gasteiger partial charge in [-0.15, -0.1) is 0 Å². The molecule has 17 nitrogen and oxygen atoms in total. The van der Waals surface area contributed by atoms with Gasteiger partial charge in [0, 0.05) is 32.1 Å². The van der Waals surface area contributed by atoms with E-state index < -0.39 is 45.2 Å². The zero-order valence-corrected chi connectivity index (χ0v) is 24.7. The van der Waals surface area contributed by atoms with E-state index in [2.05, 4.69) is 16.0 Å². The maximum absolute atomic E-state index is 13.1. The molecule has 0 saturated carbocycles. The molecule has 2 aliphatic heterocycles. The average Bonchev–Trinajstić information content (AvgIpc) is 3.27. The molecular formula is C29H32N6O11. The van der Waals surface area contributed by atoms with E-state index >= 15 is 0 Å². The molecule has 1 saturated heterocycles. The van der Waals surface area contributed by atoms with Gasteiger partial charge in [-0.3, -0.25) is 54.4 Å². The van der Waals surface area contributed by atoms with Crippen LogP contribution < -0.4 is 16.0 Å². The monoisotopic (exact) mass is 640 g/mol. The Balaban J connectivity index is 1.09. The fourth-order valence-corrected chi connectivity index (χ4v) is 5.01. The number of benzene rings is 2. The van der Waals surface area contributed by atoms with Crippen molar-refractivity contribution in [3.05, 3.63) is 67.8 Å². The third kappa shape index (κ3) is 8.24. The first kappa shape index (κ1) is 33.6. The van der Waals surface area contributed by atoms with Gasteiger partial charge in [0.1, 0.15) is 11.7 Å². The van der Waals surface area contributed by atoms with Crippen LogP contribution in [0, 0.1) is 20.2 Å². The van der Waals surface area contributed by atoms with Crippen LogP contribution in [0.5, 0.6) is 0 Å². The summed E-state index contributed by atoms with van der Waals surface area (Å²) in [6.07, 6.45) is 2.15. The lowest BCUT2D eigenvalue weighted by atomic mass is 10.0. The standard InChI is InChI=1S/C29H32N6O11/c36-24(31-21-6-4-5-19-26(21)29(40)33(28(19)39)22-10-11-25(37)32-27(22)38)7-2-1-3-13-45-15-16-46-14-12-30-20-9-8-18(34(41)42)17-23(20)35(43)44/h4-6,8-9,17,22,30H,1-3,7,10-16H2,(H,31,36)(H,32,37,38). The minimum Gasteiger partial charge on any atom is -0.379 e. The molecule has 0 spiro atoms. The zero-order chi connectivity index (χ0) is 33.2. The van der Waals surface area contributed by atoms with Crippen LogP contribution >= 0.6 is 0 Å². The zero-order valence-electron chi connectivity index (χ0n) is 24.7. The molecule has 1 atom stereocenters. The van der Waals surface area contributed by atoms with Gasteiger partial charge in [-0.1, -0.05) is 12.5 Å². The number of non-ortho nitro benzene ring substituents is 1. The Morgan fingerprint density at radius 3 is 2.39 bits per heavy atom. The normalized spacial score (nSPS) is 15.8. The first-order chi connectivity index (χ1) is 22.1. The van der Waals surface area contributed by atoms with Crippen molar-refractivity contribution in [1.29, 1.82) is 0 Å². The van der Waals surface area contributed by atoms with Gasteiger partial charge in [-0.05, 0) is 37.5 Å². The number of carbonyl (C=O) groups is 5. The molecule has 2 heterocycles. The number of hydrogen-bond donors (Lipinski definition) is 3. The summed E-state index contributed by atoms with van der Waals surface area (Å²) < 4.78 is 10.9. The summed E-state index contributed by atoms with van der Waals surface area (Å²) in [5.41, 5.74) is -0.342. The van der Waals surface area contributed by atoms with Crippen LogP contribution in [0.1, 0.15) is 59.2 Å². The Labute approximate surface area is 261 Å². The summed E-state index contributed by atoms with van der Waals surface area (Å²) in [6, 6.07) is 6.76. The SMILES string of the molecule is O=C1CCC(N2C(=O)c3cccc(NC(=O)CCCCCOCCOCCNc4ccc([N+](=O)[O-])cc4[N+](=O)[O-])c3C2=O)C(=O)N1. The number of nitrogens with one attached hydrogen (secondary N) is 3. The number of carbonyl (C=O) groups excluding carboxylic acids is 5. The third-order valence-electron chi connectivity index (χ3n) is 7.26. The summed E-state index contributed by atoms with van der Waals surface area (Å²) >= 11 is 0. The number of nitro groups is 2. The largest absolute Gasteiger partial charge is 0.379 e. The molecule has 0 bridgehead atoms. The van der Waals surface area contributed by atoms with Crippen LogP contribution in [0.4, 0.5) is 22.7 Å². The Morgan fingerprint density at radius 1 is 0.913 bits per heavy atom. The predicted octanol–water partition coefficient (Wildman–Crippen LogP) is 2.55. The highest BCUT2D eigenvalue weighted by atomic mass is 16.6. The maximum atomic E-state index is 13.1. The van der Waals surface area contributed by atoms with E-state index in [9.17, 15) is 44.2 Å². The molecule has 0 aromatic heterocycles. The lowest BCUT2D eigenvalue weighted by Gasteiger charge is -2.27. The second kappa shape index (κ2) is 15.6. The number of rotatable bonds is 17. The molecule has 4 rings (SSSR count). The molecule has 244 valence electrons. The van der Waals surface area contributed by atoms with Crippen LogP contribution in [0.2, 0.25) is 0 Å². The smallest absolute Gasteiger partial charge is 0.299 e. The highest BCUT2D eigenvalue weighted by Crippen LogP contribution is 2.32. The van der Waals surface area contributed by atoms with Crippen LogP contribution in [0.25, 0.3) is 0 Å². The summed E-state index contributed by atoms with van der Waals surface area (Å²) in [7, 11) is 0. The number of nitrogens with zero attached hydrogens (tertiary/aromatic N) is 3. The van der Waals surface area contributed by atoms with E-state index in [4.69, 9.17) is 9.47 Å². The molecular weight excluding hydrogens is 608 g/mol. The van der Waals surface area contributed by atoms with E-state index in [1.54, 1.807) is 0 Å². The molecule has 0 aliphatic carbocycles. The molecule has 1 fully saturated rings. The molecule has 5 amide bonds. The number of ether oxygens (including phenoxy) is 2. The Kier molecular flexibility index (Phi) is 11.4. The van der Waals surface area contributed by atoms with E-state index in [0.717, 1.165) is 11.0 Å². The number of fused-ring (bicyclic) bond motifs is 1. The van der Waals surface area contributed by atoms with Crippen LogP contribution in [-0.4, -0.2) is 83.3 Å². The Hall–Kier alpha value is -5.29. The number of nitro benzene ring substituents is 2. The van der Waals surface area contributed by atoms with Gasteiger partial charge in [-0.25, -0.2) is 0 Å². The molecule has 3 N–H and O–H groups in total. The molecule has 46 heavy (non-hydrogen) atoms. The van der Waals surface area contributed by atoms with Crippen LogP contribution in [0.3, 0.4) is 0 Å². The minimum atomic E-state index is -1.10. The van der Waals surface area contributed by atoms with Gasteiger partial charge in [0.05, 0.1) is 52.5 Å². The van der Waals surface area contributed by atoms with Gasteiger partial charge in [0.25, 0.3) is 23.2 Å². The van der Waals surface area contributed by atoms with E-state index in [1.807, 2.05) is 0 Å². The number of anilines is 2. The second-order valence-corrected chi connectivity index (χ2v) is 10.4. The van der Waals surface area contributed by atoms with E-state index in [0.29, 0.717) is 32.5 Å². The number of imide groups is 2. The summed E-state index contributed by atoms with van der Waals surface area (Å²) in [6.45, 7) is 1.52. The molecule has 2 aliphatic rings. The Morgan fingerprint density at radius 2 is 1.67 bits per heavy atom. The van der Waals surface area contributed by atoms with Gasteiger partial charge in [0.2, 0.25) is 17.7 Å². The minimum absolute atomic E-state index is 0.00767. The first-order valence-electron chi connectivity index (χ1n) is 14.5. The average molecular weight is 641 g/mol. The van der Waals surface area contributed by atoms with Crippen molar-refractivity contribution in [3.8, 4) is 0 Å². The molecule has 2 aromatic carbocycles. The molecule has 2 aromatic rings. The van der Waals surface area contributed by atoms with Crippen molar-refractivity contribution in [2.75, 3.05) is 43.6 Å². The lowest BCUT2D eigenvalue weighted by Crippen LogP contribution is -2.54. The third-order valence-corrected chi connectivity index (χ3v) is 7.26. The van der Waals surface area contributed by atoms with Gasteiger partial charge in [0.15, 0.2) is 0 Å². The predicted molar refractivity (Wildman–Crippen MR) is 160 cm³/mol. The number of unbranched alkanes of at least 4 members (excludes halogenated alkanes) is 2. The van der Waals surface area contributed by atoms with Crippen molar-refractivity contribution < 1.29 is 43.3 Å². The molecule has 17 heteroatoms. The van der Waals surface area contributed by atoms with Crippen LogP contribution in [-0.2, 0) is 23.9 Å². The number of amides is 5. The first-order valence-corrected chi connectivity index (χ1v) is 14.5. The van der Waals surface area contributed by atoms with Crippen molar-refractivity contribution in [3.63, 3.8) is 0 Å². The van der Waals surface area contributed by atoms with Gasteiger partial charge >= 0.3 is 0 Å². The Bertz CT molecular complexity index is 1550. The van der Waals surface area contributed by atoms with Gasteiger partial charge < -0.3 is 20.1 Å². The highest BCUT2D eigenvalue weighted by Gasteiger charge is 2.45. The summed E-state index contributed by atoms with van der Waals surface area (Å²) in [4.78, 5) is 83.9. The number of hydrogen-bond acceptors (Lipinski definition) is 12. The molecule has 1 unspecified atom stereocenters. The summed E-state index contributed by atoms with van der Waals surface area (Å²) in [5.74, 6) is -2.86. The van der Waals surface area contributed by atoms with Crippen LogP contribution in [0.15, 0.2) is 36.4 Å². The van der Waals surface area contributed by atoms with Gasteiger partial charge in [-0.2, -0.15) is 0 Å². The fraction of sp³-hybridized carbons (Fsp3) is 0.414. The number of piperidine rings is 1. The van der Waals surface area contributed by atoms with Crippen molar-refractivity contribution in [2.24, 2.45) is 0 Å².